The number of fused-ring (bicyclic) bond motifs is 8. The number of hydrogen-bond donors (Lipinski definition) is 2. The van der Waals surface area contributed by atoms with E-state index in [0.29, 0.717) is 0 Å². The van der Waals surface area contributed by atoms with Crippen molar-refractivity contribution in [3.05, 3.63) is 115 Å². The van der Waals surface area contributed by atoms with Crippen LogP contribution >= 0.6 is 45.3 Å². The number of thiophene rings is 4. The Bertz CT molecular complexity index is 2280. The molecule has 7 aromatic rings. The SMILES string of the molecule is Cc1ccsc1-c1c2nc(c(-c3sccc3C)c3ccc([nH]3)c(-c3sccc3C)c3nc(c(-c4sccc4C)c4ccc1[nH]4)C=C3)C=C2. The predicted octanol–water partition coefficient (Wildman–Crippen LogP) is 12.8. The monoisotopic (exact) mass is 694 g/mol. The molecule has 8 heteroatoms. The maximum absolute atomic E-state index is 5.42. The molecule has 0 fully saturated rings. The largest absolute Gasteiger partial charge is 0.354 e. The second-order valence-electron chi connectivity index (χ2n) is 12.2. The normalized spacial score (nSPS) is 12.4. The Balaban J connectivity index is 1.51. The molecule has 0 amide bonds. The van der Waals surface area contributed by atoms with Crippen LogP contribution < -0.4 is 0 Å². The van der Waals surface area contributed by atoms with Crippen molar-refractivity contribution < 1.29 is 0 Å². The molecule has 0 aromatic carbocycles. The van der Waals surface area contributed by atoms with Gasteiger partial charge in [-0.1, -0.05) is 0 Å². The average Bonchev–Trinajstić information content (AvgIpc) is 3.91. The molecule has 4 nitrogen and oxygen atoms in total. The van der Waals surface area contributed by atoms with Gasteiger partial charge in [0.1, 0.15) is 0 Å². The fourth-order valence-corrected chi connectivity index (χ4v) is 10.7. The number of aromatic amines is 2. The van der Waals surface area contributed by atoms with Gasteiger partial charge in [-0.05, 0) is 144 Å². The van der Waals surface area contributed by atoms with Gasteiger partial charge in [0, 0.05) is 63.8 Å². The van der Waals surface area contributed by atoms with Gasteiger partial charge >= 0.3 is 0 Å². The summed E-state index contributed by atoms with van der Waals surface area (Å²) in [6, 6.07) is 17.6. The molecule has 2 aliphatic heterocycles. The van der Waals surface area contributed by atoms with Crippen LogP contribution in [0.5, 0.6) is 0 Å². The van der Waals surface area contributed by atoms with Crippen LogP contribution in [0.2, 0.25) is 0 Å². The minimum atomic E-state index is 0.957. The number of H-pyrrole nitrogens is 2. The van der Waals surface area contributed by atoms with Gasteiger partial charge in [0.2, 0.25) is 0 Å². The molecule has 48 heavy (non-hydrogen) atoms. The first-order valence-corrected chi connectivity index (χ1v) is 19.3. The summed E-state index contributed by atoms with van der Waals surface area (Å²) in [5.74, 6) is 0. The lowest BCUT2D eigenvalue weighted by Crippen LogP contribution is -1.89. The van der Waals surface area contributed by atoms with Crippen molar-refractivity contribution in [2.75, 3.05) is 0 Å². The molecule has 2 aliphatic rings. The van der Waals surface area contributed by atoms with Crippen molar-refractivity contribution in [1.29, 1.82) is 0 Å². The van der Waals surface area contributed by atoms with Crippen molar-refractivity contribution in [3.63, 3.8) is 0 Å². The van der Waals surface area contributed by atoms with E-state index in [2.05, 4.69) is 132 Å². The Hall–Kier alpha value is -4.60. The van der Waals surface area contributed by atoms with Gasteiger partial charge in [-0.3, -0.25) is 0 Å². The second kappa shape index (κ2) is 11.5. The quantitative estimate of drug-likeness (QED) is 0.193. The first kappa shape index (κ1) is 29.5. The summed E-state index contributed by atoms with van der Waals surface area (Å²) in [7, 11) is 0. The van der Waals surface area contributed by atoms with E-state index < -0.39 is 0 Å². The van der Waals surface area contributed by atoms with E-state index >= 15 is 0 Å². The Morgan fingerprint density at radius 2 is 0.625 bits per heavy atom. The summed E-state index contributed by atoms with van der Waals surface area (Å²) >= 11 is 7.04. The van der Waals surface area contributed by atoms with Gasteiger partial charge < -0.3 is 9.97 Å². The summed E-state index contributed by atoms with van der Waals surface area (Å²) < 4.78 is 0. The molecule has 8 bridgehead atoms. The van der Waals surface area contributed by atoms with Crippen molar-refractivity contribution in [1.82, 2.24) is 19.9 Å². The lowest BCUT2D eigenvalue weighted by molar-refractivity contribution is 1.31. The third-order valence-electron chi connectivity index (χ3n) is 9.11. The molecule has 0 atom stereocenters. The van der Waals surface area contributed by atoms with E-state index in [9.17, 15) is 0 Å². The lowest BCUT2D eigenvalue weighted by atomic mass is 10.1. The van der Waals surface area contributed by atoms with Crippen molar-refractivity contribution >= 4 is 91.7 Å². The minimum absolute atomic E-state index is 0.957. The molecule has 0 saturated carbocycles. The Labute approximate surface area is 294 Å². The third-order valence-corrected chi connectivity index (χ3v) is 13.2. The molecule has 9 rings (SSSR count). The molecular formula is C40H30N4S4. The average molecular weight is 695 g/mol. The van der Waals surface area contributed by atoms with E-state index in [4.69, 9.17) is 9.97 Å². The number of nitrogens with zero attached hydrogens (tertiary/aromatic N) is 2. The topological polar surface area (TPSA) is 57.4 Å². The highest BCUT2D eigenvalue weighted by Crippen LogP contribution is 2.43. The van der Waals surface area contributed by atoms with Crippen LogP contribution in [0.15, 0.2) is 70.1 Å². The molecular weight excluding hydrogens is 665 g/mol. The zero-order valence-corrected chi connectivity index (χ0v) is 30.0. The second-order valence-corrected chi connectivity index (χ2v) is 15.9. The van der Waals surface area contributed by atoms with Crippen LogP contribution in [0.3, 0.4) is 0 Å². The third kappa shape index (κ3) is 4.74. The fraction of sp³-hybridized carbons (Fsp3) is 0.100. The van der Waals surface area contributed by atoms with Crippen LogP contribution in [0.25, 0.3) is 88.1 Å². The van der Waals surface area contributed by atoms with Gasteiger partial charge in [0.25, 0.3) is 0 Å². The summed E-state index contributed by atoms with van der Waals surface area (Å²) in [5.41, 5.74) is 17.4. The summed E-state index contributed by atoms with van der Waals surface area (Å²) in [6.07, 6.45) is 8.72. The predicted molar refractivity (Wildman–Crippen MR) is 211 cm³/mol. The Kier molecular flexibility index (Phi) is 7.09. The highest BCUT2D eigenvalue weighted by Gasteiger charge is 2.21. The maximum Gasteiger partial charge on any atom is 0.0745 e. The smallest absolute Gasteiger partial charge is 0.0745 e. The first-order chi connectivity index (χ1) is 23.4. The molecule has 0 unspecified atom stereocenters. The van der Waals surface area contributed by atoms with Crippen LogP contribution in [0, 0.1) is 27.7 Å². The molecule has 7 aromatic heterocycles. The zero-order valence-electron chi connectivity index (χ0n) is 26.8. The van der Waals surface area contributed by atoms with E-state index in [1.807, 2.05) is 0 Å². The number of rotatable bonds is 4. The lowest BCUT2D eigenvalue weighted by Gasteiger charge is -2.06. The van der Waals surface area contributed by atoms with Crippen LogP contribution in [0.1, 0.15) is 45.0 Å². The number of nitrogens with one attached hydrogen (secondary N) is 2. The van der Waals surface area contributed by atoms with Gasteiger partial charge in [0.05, 0.1) is 22.8 Å². The van der Waals surface area contributed by atoms with E-state index in [1.165, 1.54) is 41.8 Å². The van der Waals surface area contributed by atoms with Gasteiger partial charge in [-0.15, -0.1) is 45.3 Å². The van der Waals surface area contributed by atoms with E-state index in [-0.39, 0.29) is 0 Å². The van der Waals surface area contributed by atoms with E-state index in [1.54, 1.807) is 45.3 Å². The minimum Gasteiger partial charge on any atom is -0.354 e. The molecule has 2 N–H and O–H groups in total. The van der Waals surface area contributed by atoms with Crippen molar-refractivity contribution in [2.45, 2.75) is 27.7 Å². The standard InChI is InChI=1S/C40H30N4S4/c1-21-13-17-45-37(21)33-25-5-7-27(41-25)34(38-22(2)14-18-46-38)29-9-11-31(43-29)36(40-24(4)16-20-48-40)32-12-10-30(44-32)35(28-8-6-26(33)42-28)39-23(3)15-19-47-39/h5-20,41,44H,1-4H3. The summed E-state index contributed by atoms with van der Waals surface area (Å²) in [5, 5.41) is 8.68. The molecule has 0 spiro atoms. The van der Waals surface area contributed by atoms with Gasteiger partial charge in [0.15, 0.2) is 0 Å². The van der Waals surface area contributed by atoms with Gasteiger partial charge in [-0.2, -0.15) is 0 Å². The van der Waals surface area contributed by atoms with Crippen molar-refractivity contribution in [3.8, 4) is 41.8 Å². The summed E-state index contributed by atoms with van der Waals surface area (Å²) in [4.78, 5) is 23.4. The number of aryl methyl sites for hydroxylation is 4. The molecule has 9 heterocycles. The zero-order chi connectivity index (χ0) is 32.5. The highest BCUT2D eigenvalue weighted by molar-refractivity contribution is 7.14. The molecule has 234 valence electrons. The number of hydrogen-bond acceptors (Lipinski definition) is 6. The van der Waals surface area contributed by atoms with Crippen molar-refractivity contribution in [2.24, 2.45) is 0 Å². The molecule has 0 radical (unpaired) electrons. The fourth-order valence-electron chi connectivity index (χ4n) is 6.68. The maximum atomic E-state index is 5.42. The summed E-state index contributed by atoms with van der Waals surface area (Å²) in [6.45, 7) is 8.74. The Morgan fingerprint density at radius 1 is 0.375 bits per heavy atom. The number of aromatic nitrogens is 4. The Morgan fingerprint density at radius 3 is 0.833 bits per heavy atom. The first-order valence-electron chi connectivity index (χ1n) is 15.8. The van der Waals surface area contributed by atoms with E-state index in [0.717, 1.165) is 67.1 Å². The van der Waals surface area contributed by atoms with Crippen LogP contribution in [-0.4, -0.2) is 19.9 Å². The highest BCUT2D eigenvalue weighted by atomic mass is 32.1. The van der Waals surface area contributed by atoms with Crippen LogP contribution in [0.4, 0.5) is 0 Å². The molecule has 0 saturated heterocycles. The molecule has 0 aliphatic carbocycles. The van der Waals surface area contributed by atoms with Gasteiger partial charge in [-0.25, -0.2) is 9.97 Å². The van der Waals surface area contributed by atoms with Crippen LogP contribution in [-0.2, 0) is 0 Å².